The lowest BCUT2D eigenvalue weighted by atomic mass is 9.92. The average molecular weight is 450 g/mol. The molecule has 4 rings (SSSR count). The van der Waals surface area contributed by atoms with Gasteiger partial charge in [-0.15, -0.1) is 0 Å². The number of benzene rings is 2. The fourth-order valence-electron chi connectivity index (χ4n) is 3.99. The molecule has 2 atom stereocenters. The van der Waals surface area contributed by atoms with Gasteiger partial charge in [-0.05, 0) is 37.0 Å². The molecule has 6 nitrogen and oxygen atoms in total. The zero-order valence-electron chi connectivity index (χ0n) is 17.0. The summed E-state index contributed by atoms with van der Waals surface area (Å²) in [5.74, 6) is -3.03. The third-order valence-corrected chi connectivity index (χ3v) is 6.36. The second kappa shape index (κ2) is 8.00. The van der Waals surface area contributed by atoms with Crippen LogP contribution in [-0.4, -0.2) is 31.6 Å². The van der Waals surface area contributed by atoms with E-state index in [0.717, 1.165) is 36.1 Å². The van der Waals surface area contributed by atoms with Crippen molar-refractivity contribution in [2.45, 2.75) is 37.3 Å². The average Bonchev–Trinajstić information content (AvgIpc) is 3.42. The first-order chi connectivity index (χ1) is 14.7. The summed E-state index contributed by atoms with van der Waals surface area (Å²) in [7, 11) is 1.30. The number of amides is 3. The van der Waals surface area contributed by atoms with Crippen molar-refractivity contribution in [1.82, 2.24) is 16.0 Å². The van der Waals surface area contributed by atoms with Gasteiger partial charge in [-0.2, -0.15) is 0 Å². The van der Waals surface area contributed by atoms with Crippen LogP contribution in [0.25, 0.3) is 0 Å². The van der Waals surface area contributed by atoms with Gasteiger partial charge in [-0.1, -0.05) is 23.7 Å². The third-order valence-electron chi connectivity index (χ3n) is 5.95. The molecule has 31 heavy (non-hydrogen) atoms. The molecule has 3 N–H and O–H groups in total. The topological polar surface area (TPSA) is 79.5 Å². The molecule has 1 heterocycles. The predicted molar refractivity (Wildman–Crippen MR) is 111 cm³/mol. The van der Waals surface area contributed by atoms with Gasteiger partial charge in [0.1, 0.15) is 23.4 Å². The Morgan fingerprint density at radius 2 is 1.90 bits per heavy atom. The van der Waals surface area contributed by atoms with E-state index in [4.69, 9.17) is 16.3 Å². The van der Waals surface area contributed by atoms with Gasteiger partial charge < -0.3 is 20.7 Å². The van der Waals surface area contributed by atoms with Crippen LogP contribution >= 0.6 is 11.6 Å². The lowest BCUT2D eigenvalue weighted by Crippen LogP contribution is -2.50. The minimum absolute atomic E-state index is 0.00264. The van der Waals surface area contributed by atoms with Crippen LogP contribution in [0.4, 0.5) is 13.6 Å². The van der Waals surface area contributed by atoms with E-state index < -0.39 is 41.1 Å². The quantitative estimate of drug-likeness (QED) is 0.653. The smallest absolute Gasteiger partial charge is 0.316 e. The van der Waals surface area contributed by atoms with Crippen LogP contribution in [-0.2, 0) is 10.3 Å². The molecule has 9 heteroatoms. The van der Waals surface area contributed by atoms with Gasteiger partial charge in [0.05, 0.1) is 12.6 Å². The molecule has 3 amide bonds. The molecule has 0 unspecified atom stereocenters. The number of carbonyl (C=O) groups excluding carboxylic acids is 2. The lowest BCUT2D eigenvalue weighted by molar-refractivity contribution is -0.120. The summed E-state index contributed by atoms with van der Waals surface area (Å²) in [5.41, 5.74) is 0.969. The third kappa shape index (κ3) is 4.04. The number of hydrogen-bond donors (Lipinski definition) is 3. The minimum Gasteiger partial charge on any atom is -0.497 e. The Bertz CT molecular complexity index is 1040. The van der Waals surface area contributed by atoms with E-state index in [0.29, 0.717) is 5.02 Å². The molecule has 1 aliphatic heterocycles. The van der Waals surface area contributed by atoms with Crippen molar-refractivity contribution in [3.8, 4) is 5.75 Å². The van der Waals surface area contributed by atoms with Crippen molar-refractivity contribution in [2.75, 3.05) is 13.7 Å². The van der Waals surface area contributed by atoms with Crippen molar-refractivity contribution in [3.05, 3.63) is 63.7 Å². The SMILES string of the molecule is COc1cc(F)c([C@@H]2CNC(=O)[C@H]2NC(=O)NC2(c3ccc(C)c(Cl)c3)CC2)c(F)c1. The minimum atomic E-state index is -1.12. The Hall–Kier alpha value is -2.87. The van der Waals surface area contributed by atoms with Crippen LogP contribution in [0.1, 0.15) is 35.4 Å². The highest BCUT2D eigenvalue weighted by Crippen LogP contribution is 2.46. The molecule has 1 saturated heterocycles. The Morgan fingerprint density at radius 1 is 1.23 bits per heavy atom. The molecular formula is C22H22ClF2N3O3. The number of ether oxygens (including phenoxy) is 1. The van der Waals surface area contributed by atoms with Gasteiger partial charge in [0.2, 0.25) is 5.91 Å². The van der Waals surface area contributed by atoms with Crippen LogP contribution in [0.15, 0.2) is 30.3 Å². The van der Waals surface area contributed by atoms with Gasteiger partial charge in [-0.3, -0.25) is 4.79 Å². The predicted octanol–water partition coefficient (Wildman–Crippen LogP) is 3.51. The number of nitrogens with one attached hydrogen (secondary N) is 3. The Labute approximate surface area is 183 Å². The first-order valence-electron chi connectivity index (χ1n) is 9.90. The molecule has 2 fully saturated rings. The number of urea groups is 1. The summed E-state index contributed by atoms with van der Waals surface area (Å²) in [4.78, 5) is 25.1. The number of halogens is 3. The molecule has 0 radical (unpaired) electrons. The van der Waals surface area contributed by atoms with Crippen LogP contribution < -0.4 is 20.7 Å². The largest absolute Gasteiger partial charge is 0.497 e. The Morgan fingerprint density at radius 3 is 2.48 bits per heavy atom. The summed E-state index contributed by atoms with van der Waals surface area (Å²) in [6.07, 6.45) is 1.45. The van der Waals surface area contributed by atoms with Crippen molar-refractivity contribution in [3.63, 3.8) is 0 Å². The summed E-state index contributed by atoms with van der Waals surface area (Å²) in [5, 5.41) is 8.66. The molecule has 0 aromatic heterocycles. The maximum atomic E-state index is 14.6. The van der Waals surface area contributed by atoms with E-state index in [-0.39, 0.29) is 17.9 Å². The fourth-order valence-corrected chi connectivity index (χ4v) is 4.17. The highest BCUT2D eigenvalue weighted by Gasteiger charge is 2.47. The van der Waals surface area contributed by atoms with Gasteiger partial charge in [0.25, 0.3) is 0 Å². The van der Waals surface area contributed by atoms with E-state index in [1.807, 2.05) is 25.1 Å². The van der Waals surface area contributed by atoms with Crippen LogP contribution in [0.5, 0.6) is 5.75 Å². The maximum Gasteiger partial charge on any atom is 0.316 e. The van der Waals surface area contributed by atoms with E-state index in [9.17, 15) is 18.4 Å². The van der Waals surface area contributed by atoms with E-state index in [1.165, 1.54) is 7.11 Å². The van der Waals surface area contributed by atoms with Crippen LogP contribution in [0.3, 0.4) is 0 Å². The van der Waals surface area contributed by atoms with Crippen molar-refractivity contribution in [2.24, 2.45) is 0 Å². The number of hydrogen-bond acceptors (Lipinski definition) is 3. The Kier molecular flexibility index (Phi) is 5.51. The standard InChI is InChI=1S/C22H22ClF2N3O3/c1-11-3-4-12(7-15(11)23)22(5-6-22)28-21(30)27-19-14(10-26-20(19)29)18-16(24)8-13(31-2)9-17(18)25/h3-4,7-9,14,19H,5-6,10H2,1-2H3,(H,26,29)(H2,27,28,30)/t14-,19-/m0/s1. The molecule has 1 saturated carbocycles. The first-order valence-corrected chi connectivity index (χ1v) is 10.3. The number of aryl methyl sites for hydroxylation is 1. The van der Waals surface area contributed by atoms with Crippen LogP contribution in [0, 0.1) is 18.6 Å². The highest BCUT2D eigenvalue weighted by atomic mass is 35.5. The summed E-state index contributed by atoms with van der Waals surface area (Å²) >= 11 is 6.22. The van der Waals surface area contributed by atoms with Crippen molar-refractivity contribution >= 4 is 23.5 Å². The second-order valence-electron chi connectivity index (χ2n) is 7.98. The van der Waals surface area contributed by atoms with Gasteiger partial charge in [0, 0.05) is 35.2 Å². The molecule has 0 bridgehead atoms. The molecule has 2 aromatic carbocycles. The molecule has 2 aromatic rings. The molecule has 0 spiro atoms. The zero-order chi connectivity index (χ0) is 22.3. The van der Waals surface area contributed by atoms with Crippen LogP contribution in [0.2, 0.25) is 5.02 Å². The number of methoxy groups -OCH3 is 1. The number of carbonyl (C=O) groups is 2. The van der Waals surface area contributed by atoms with E-state index in [1.54, 1.807) is 0 Å². The first kappa shape index (κ1) is 21.4. The summed E-state index contributed by atoms with van der Waals surface area (Å²) in [6, 6.07) is 6.01. The monoisotopic (exact) mass is 449 g/mol. The van der Waals surface area contributed by atoms with Gasteiger partial charge in [-0.25, -0.2) is 13.6 Å². The van der Waals surface area contributed by atoms with Gasteiger partial charge >= 0.3 is 6.03 Å². The highest BCUT2D eigenvalue weighted by molar-refractivity contribution is 6.31. The lowest BCUT2D eigenvalue weighted by Gasteiger charge is -2.23. The zero-order valence-corrected chi connectivity index (χ0v) is 17.8. The summed E-state index contributed by atoms with van der Waals surface area (Å²) in [6.45, 7) is 1.89. The van der Waals surface area contributed by atoms with Crippen molar-refractivity contribution < 1.29 is 23.1 Å². The normalized spacial score (nSPS) is 21.4. The number of rotatable bonds is 5. The molecule has 2 aliphatic rings. The molecule has 164 valence electrons. The van der Waals surface area contributed by atoms with E-state index in [2.05, 4.69) is 16.0 Å². The van der Waals surface area contributed by atoms with E-state index >= 15 is 0 Å². The van der Waals surface area contributed by atoms with Crippen molar-refractivity contribution in [1.29, 1.82) is 0 Å². The molecular weight excluding hydrogens is 428 g/mol. The van der Waals surface area contributed by atoms with Gasteiger partial charge in [0.15, 0.2) is 0 Å². The Balaban J connectivity index is 1.52. The molecule has 1 aliphatic carbocycles. The fraction of sp³-hybridized carbons (Fsp3) is 0.364. The maximum absolute atomic E-state index is 14.6. The second-order valence-corrected chi connectivity index (χ2v) is 8.39. The summed E-state index contributed by atoms with van der Waals surface area (Å²) < 4.78 is 34.0.